The SMILES string of the molecule is CN1CC[C@H](c2c(OC(O)C(C)(C)C)cc(O)c3c(=O)cc(-c4ccccc4Cl)oc23)[C@H](OC(=O)C(C)(C)C)C1. The monoisotopic (exact) mass is 571 g/mol. The van der Waals surface area contributed by atoms with Crippen LogP contribution in [0, 0.1) is 10.8 Å². The molecule has 1 aliphatic heterocycles. The molecule has 0 aliphatic carbocycles. The molecule has 1 unspecified atom stereocenters. The minimum absolute atomic E-state index is 0.0248. The summed E-state index contributed by atoms with van der Waals surface area (Å²) in [5.74, 6) is -0.800. The summed E-state index contributed by atoms with van der Waals surface area (Å²) < 4.78 is 18.5. The number of halogens is 1. The molecule has 0 spiro atoms. The summed E-state index contributed by atoms with van der Waals surface area (Å²) >= 11 is 6.44. The van der Waals surface area contributed by atoms with Crippen LogP contribution in [-0.4, -0.2) is 53.6 Å². The van der Waals surface area contributed by atoms with Crippen LogP contribution in [0.25, 0.3) is 22.3 Å². The Kier molecular flexibility index (Phi) is 8.28. The summed E-state index contributed by atoms with van der Waals surface area (Å²) in [5.41, 5.74) is -0.801. The van der Waals surface area contributed by atoms with E-state index in [1.807, 2.05) is 27.8 Å². The fourth-order valence-corrected chi connectivity index (χ4v) is 4.92. The van der Waals surface area contributed by atoms with E-state index >= 15 is 0 Å². The van der Waals surface area contributed by atoms with Gasteiger partial charge < -0.3 is 29.0 Å². The van der Waals surface area contributed by atoms with Crippen molar-refractivity contribution in [1.29, 1.82) is 0 Å². The van der Waals surface area contributed by atoms with E-state index in [1.54, 1.807) is 45.0 Å². The van der Waals surface area contributed by atoms with E-state index in [0.29, 0.717) is 35.7 Å². The van der Waals surface area contributed by atoms with Crippen molar-refractivity contribution in [2.24, 2.45) is 10.8 Å². The zero-order chi connectivity index (χ0) is 29.6. The molecular formula is C31H38ClNO7. The van der Waals surface area contributed by atoms with Crippen LogP contribution in [0.5, 0.6) is 11.5 Å². The number of phenols is 1. The maximum absolute atomic E-state index is 13.4. The Bertz CT molecular complexity index is 1470. The second-order valence-electron chi connectivity index (χ2n) is 12.7. The molecule has 2 N–H and O–H groups in total. The summed E-state index contributed by atoms with van der Waals surface area (Å²) in [7, 11) is 1.94. The average Bonchev–Trinajstić information content (AvgIpc) is 2.83. The Morgan fingerprint density at radius 2 is 1.82 bits per heavy atom. The Balaban J connectivity index is 2.01. The van der Waals surface area contributed by atoms with Gasteiger partial charge in [0.2, 0.25) is 6.29 Å². The first-order chi connectivity index (χ1) is 18.6. The molecule has 1 aromatic heterocycles. The zero-order valence-corrected chi connectivity index (χ0v) is 24.8. The smallest absolute Gasteiger partial charge is 0.311 e. The van der Waals surface area contributed by atoms with Crippen molar-refractivity contribution in [2.75, 3.05) is 20.1 Å². The second-order valence-corrected chi connectivity index (χ2v) is 13.1. The Morgan fingerprint density at radius 3 is 2.45 bits per heavy atom. The molecular weight excluding hydrogens is 534 g/mol. The topological polar surface area (TPSA) is 109 Å². The average molecular weight is 572 g/mol. The molecule has 2 aromatic carbocycles. The molecule has 40 heavy (non-hydrogen) atoms. The number of carbonyl (C=O) groups is 1. The van der Waals surface area contributed by atoms with E-state index in [2.05, 4.69) is 4.90 Å². The molecule has 1 fully saturated rings. The fourth-order valence-electron chi connectivity index (χ4n) is 4.69. The molecule has 0 bridgehead atoms. The number of nitrogens with zero attached hydrogens (tertiary/aromatic N) is 1. The predicted molar refractivity (Wildman–Crippen MR) is 155 cm³/mol. The summed E-state index contributed by atoms with van der Waals surface area (Å²) in [6.07, 6.45) is -1.31. The lowest BCUT2D eigenvalue weighted by Gasteiger charge is -2.38. The van der Waals surface area contributed by atoms with E-state index < -0.39 is 34.6 Å². The lowest BCUT2D eigenvalue weighted by Crippen LogP contribution is -2.45. The first kappa shape index (κ1) is 29.9. The van der Waals surface area contributed by atoms with Crippen molar-refractivity contribution < 1.29 is 28.9 Å². The van der Waals surface area contributed by atoms with Crippen LogP contribution < -0.4 is 10.2 Å². The highest BCUT2D eigenvalue weighted by Gasteiger charge is 2.39. The number of aromatic hydroxyl groups is 1. The summed E-state index contributed by atoms with van der Waals surface area (Å²) in [6, 6.07) is 9.61. The molecule has 0 radical (unpaired) electrons. The van der Waals surface area contributed by atoms with E-state index in [4.69, 9.17) is 25.5 Å². The highest BCUT2D eigenvalue weighted by Crippen LogP contribution is 2.45. The summed E-state index contributed by atoms with van der Waals surface area (Å²) in [6.45, 7) is 11.9. The molecule has 2 heterocycles. The fraction of sp³-hybridized carbons (Fsp3) is 0.484. The van der Waals surface area contributed by atoms with Gasteiger partial charge >= 0.3 is 5.97 Å². The lowest BCUT2D eigenvalue weighted by atomic mass is 9.84. The number of phenolic OH excluding ortho intramolecular Hbond substituents is 1. The first-order valence-electron chi connectivity index (χ1n) is 13.4. The number of esters is 1. The van der Waals surface area contributed by atoms with E-state index in [-0.39, 0.29) is 34.2 Å². The largest absolute Gasteiger partial charge is 0.507 e. The summed E-state index contributed by atoms with van der Waals surface area (Å²) in [5, 5.41) is 22.3. The van der Waals surface area contributed by atoms with Crippen LogP contribution in [-0.2, 0) is 9.53 Å². The normalized spacial score (nSPS) is 19.4. The Labute approximate surface area is 239 Å². The van der Waals surface area contributed by atoms with Crippen molar-refractivity contribution in [3.63, 3.8) is 0 Å². The molecule has 216 valence electrons. The number of fused-ring (bicyclic) bond motifs is 1. The number of likely N-dealkylation sites (N-methyl/N-ethyl adjacent to an activating group) is 1. The van der Waals surface area contributed by atoms with Gasteiger partial charge in [0.25, 0.3) is 0 Å². The predicted octanol–water partition coefficient (Wildman–Crippen LogP) is 5.94. The van der Waals surface area contributed by atoms with Crippen LogP contribution in [0.3, 0.4) is 0 Å². The van der Waals surface area contributed by atoms with Gasteiger partial charge in [0, 0.05) is 41.1 Å². The highest BCUT2D eigenvalue weighted by molar-refractivity contribution is 6.33. The third-order valence-electron chi connectivity index (χ3n) is 7.10. The molecule has 8 nitrogen and oxygen atoms in total. The maximum atomic E-state index is 13.4. The molecule has 0 saturated carbocycles. The number of hydrogen-bond acceptors (Lipinski definition) is 8. The van der Waals surface area contributed by atoms with Crippen LogP contribution in [0.4, 0.5) is 0 Å². The van der Waals surface area contributed by atoms with Gasteiger partial charge in [-0.25, -0.2) is 0 Å². The van der Waals surface area contributed by atoms with E-state index in [1.165, 1.54) is 12.1 Å². The van der Waals surface area contributed by atoms with Crippen molar-refractivity contribution in [2.45, 2.75) is 66.3 Å². The molecule has 3 aromatic rings. The molecule has 4 rings (SSSR count). The minimum Gasteiger partial charge on any atom is -0.507 e. The van der Waals surface area contributed by atoms with Gasteiger partial charge in [0.05, 0.1) is 10.4 Å². The van der Waals surface area contributed by atoms with Gasteiger partial charge in [0.1, 0.15) is 34.3 Å². The molecule has 9 heteroatoms. The van der Waals surface area contributed by atoms with Gasteiger partial charge in [0.15, 0.2) is 5.43 Å². The number of ether oxygens (including phenoxy) is 2. The van der Waals surface area contributed by atoms with Crippen LogP contribution in [0.2, 0.25) is 5.02 Å². The van der Waals surface area contributed by atoms with Crippen molar-refractivity contribution in [3.05, 3.63) is 57.2 Å². The number of piperidine rings is 1. The minimum atomic E-state index is -1.25. The van der Waals surface area contributed by atoms with E-state index in [9.17, 15) is 19.8 Å². The molecule has 1 saturated heterocycles. The number of carbonyl (C=O) groups excluding carboxylic acids is 1. The molecule has 1 aliphatic rings. The van der Waals surface area contributed by atoms with Crippen LogP contribution in [0.15, 0.2) is 45.6 Å². The van der Waals surface area contributed by atoms with Crippen LogP contribution in [0.1, 0.15) is 59.4 Å². The quantitative estimate of drug-likeness (QED) is 0.286. The maximum Gasteiger partial charge on any atom is 0.311 e. The van der Waals surface area contributed by atoms with Crippen molar-refractivity contribution in [1.82, 2.24) is 4.90 Å². The zero-order valence-electron chi connectivity index (χ0n) is 24.1. The lowest BCUT2D eigenvalue weighted by molar-refractivity contribution is -0.162. The highest BCUT2D eigenvalue weighted by atomic mass is 35.5. The third kappa shape index (κ3) is 6.14. The first-order valence-corrected chi connectivity index (χ1v) is 13.8. The Hall–Kier alpha value is -3.07. The summed E-state index contributed by atoms with van der Waals surface area (Å²) in [4.78, 5) is 28.5. The number of likely N-dealkylation sites (tertiary alicyclic amines) is 1. The van der Waals surface area contributed by atoms with Gasteiger partial charge in [-0.3, -0.25) is 9.59 Å². The number of aliphatic hydroxyl groups is 1. The van der Waals surface area contributed by atoms with Crippen molar-refractivity contribution >= 4 is 28.5 Å². The third-order valence-corrected chi connectivity index (χ3v) is 7.43. The van der Waals surface area contributed by atoms with Gasteiger partial charge in [-0.2, -0.15) is 0 Å². The van der Waals surface area contributed by atoms with Gasteiger partial charge in [-0.1, -0.05) is 44.5 Å². The number of hydrogen-bond donors (Lipinski definition) is 2. The van der Waals surface area contributed by atoms with Gasteiger partial charge in [-0.15, -0.1) is 0 Å². The van der Waals surface area contributed by atoms with Crippen molar-refractivity contribution in [3.8, 4) is 22.8 Å². The molecule has 3 atom stereocenters. The second kappa shape index (κ2) is 11.1. The van der Waals surface area contributed by atoms with E-state index in [0.717, 1.165) is 0 Å². The van der Waals surface area contributed by atoms with Gasteiger partial charge in [-0.05, 0) is 52.9 Å². The number of aliphatic hydroxyl groups excluding tert-OH is 1. The van der Waals surface area contributed by atoms with Crippen LogP contribution >= 0.6 is 11.6 Å². The number of rotatable bonds is 5. The Morgan fingerprint density at radius 1 is 1.15 bits per heavy atom. The number of benzene rings is 2. The molecule has 0 amide bonds. The standard InChI is InChI=1S/C31H38ClNO7/c1-30(2,3)28(36)39-23-15-21(35)26-20(34)14-22(17-10-8-9-11-19(17)32)38-27(26)25(23)18-12-13-33(7)16-24(18)40-29(37)31(4,5)6/h8-11,14-15,18,24,28,35-36H,12-13,16H2,1-7H3/t18-,24+,28?/m0/s1.